The van der Waals surface area contributed by atoms with E-state index in [1.54, 1.807) is 32.1 Å². The lowest BCUT2D eigenvalue weighted by Crippen LogP contribution is -2.42. The van der Waals surface area contributed by atoms with Gasteiger partial charge in [-0.15, -0.1) is 0 Å². The average molecular weight is 358 g/mol. The first-order valence-corrected chi connectivity index (χ1v) is 8.22. The monoisotopic (exact) mass is 358 g/mol. The number of carbonyl (C=O) groups is 1. The molecule has 138 valence electrons. The highest BCUT2D eigenvalue weighted by atomic mass is 19.1. The predicted octanol–water partition coefficient (Wildman–Crippen LogP) is 4.03. The Morgan fingerprint density at radius 3 is 2.42 bits per heavy atom. The Kier molecular flexibility index (Phi) is 5.83. The van der Waals surface area contributed by atoms with Crippen LogP contribution in [0.2, 0.25) is 0 Å². The number of carboxylic acid groups (broad SMARTS) is 1. The molecule has 1 unspecified atom stereocenters. The van der Waals surface area contributed by atoms with Gasteiger partial charge in [-0.1, -0.05) is 50.3 Å². The molecule has 2 aromatic rings. The van der Waals surface area contributed by atoms with E-state index < -0.39 is 22.8 Å². The molecule has 0 aromatic heterocycles. The van der Waals surface area contributed by atoms with Gasteiger partial charge < -0.3 is 14.9 Å². The molecule has 0 saturated heterocycles. The Labute approximate surface area is 152 Å². The van der Waals surface area contributed by atoms with Gasteiger partial charge in [0.15, 0.2) is 5.60 Å². The standard InChI is InChI=1S/C21H23FO4/c1-20(2,17-13-16(22)9-10-18(17)26-3)14-21(25,19(23)24)12-11-15-7-5-4-6-8-15/h4-13,25H,14H2,1-3H3,(H,23,24). The number of hydrogen-bond acceptors (Lipinski definition) is 3. The van der Waals surface area contributed by atoms with Crippen LogP contribution < -0.4 is 4.74 Å². The average Bonchev–Trinajstić information content (AvgIpc) is 2.60. The van der Waals surface area contributed by atoms with Gasteiger partial charge in [0, 0.05) is 5.56 Å². The summed E-state index contributed by atoms with van der Waals surface area (Å²) < 4.78 is 19.0. The molecule has 0 fully saturated rings. The van der Waals surface area contributed by atoms with Crippen molar-refractivity contribution in [1.82, 2.24) is 0 Å². The first kappa shape index (κ1) is 19.7. The van der Waals surface area contributed by atoms with E-state index in [0.29, 0.717) is 11.3 Å². The van der Waals surface area contributed by atoms with Gasteiger partial charge in [-0.05, 0) is 41.7 Å². The maximum atomic E-state index is 13.7. The Morgan fingerprint density at radius 1 is 1.19 bits per heavy atom. The zero-order valence-corrected chi connectivity index (χ0v) is 15.1. The molecule has 0 aliphatic heterocycles. The molecule has 0 saturated carbocycles. The van der Waals surface area contributed by atoms with Crippen LogP contribution >= 0.6 is 0 Å². The SMILES string of the molecule is COc1ccc(F)cc1C(C)(C)CC(O)(C=Cc1ccccc1)C(=O)O. The molecule has 26 heavy (non-hydrogen) atoms. The maximum absolute atomic E-state index is 13.7. The molecule has 4 nitrogen and oxygen atoms in total. The summed E-state index contributed by atoms with van der Waals surface area (Å²) in [4.78, 5) is 11.8. The maximum Gasteiger partial charge on any atom is 0.339 e. The molecule has 0 spiro atoms. The number of aliphatic carboxylic acids is 1. The topological polar surface area (TPSA) is 66.8 Å². The van der Waals surface area contributed by atoms with Gasteiger partial charge in [-0.3, -0.25) is 0 Å². The van der Waals surface area contributed by atoms with Crippen LogP contribution in [0.1, 0.15) is 31.4 Å². The Morgan fingerprint density at radius 2 is 1.85 bits per heavy atom. The minimum Gasteiger partial charge on any atom is -0.496 e. The molecule has 0 heterocycles. The van der Waals surface area contributed by atoms with Crippen molar-refractivity contribution in [1.29, 1.82) is 0 Å². The number of ether oxygens (including phenoxy) is 1. The van der Waals surface area contributed by atoms with Gasteiger partial charge in [0.05, 0.1) is 7.11 Å². The zero-order chi connectivity index (χ0) is 19.4. The zero-order valence-electron chi connectivity index (χ0n) is 15.1. The highest BCUT2D eigenvalue weighted by molar-refractivity contribution is 5.81. The highest BCUT2D eigenvalue weighted by Crippen LogP contribution is 2.38. The van der Waals surface area contributed by atoms with Gasteiger partial charge in [0.1, 0.15) is 11.6 Å². The molecule has 1 atom stereocenters. The molecule has 0 aliphatic rings. The number of aliphatic hydroxyl groups is 1. The number of methoxy groups -OCH3 is 1. The lowest BCUT2D eigenvalue weighted by Gasteiger charge is -2.33. The van der Waals surface area contributed by atoms with Crippen LogP contribution in [0.15, 0.2) is 54.6 Å². The minimum absolute atomic E-state index is 0.154. The second kappa shape index (κ2) is 7.70. The van der Waals surface area contributed by atoms with Crippen molar-refractivity contribution in [3.05, 3.63) is 71.6 Å². The van der Waals surface area contributed by atoms with Gasteiger partial charge >= 0.3 is 5.97 Å². The van der Waals surface area contributed by atoms with E-state index in [4.69, 9.17) is 4.74 Å². The second-order valence-corrected chi connectivity index (χ2v) is 6.88. The number of halogens is 1. The second-order valence-electron chi connectivity index (χ2n) is 6.88. The third-order valence-electron chi connectivity index (χ3n) is 4.32. The number of hydrogen-bond donors (Lipinski definition) is 2. The Balaban J connectivity index is 2.38. The molecule has 5 heteroatoms. The van der Waals surface area contributed by atoms with E-state index in [1.807, 2.05) is 18.2 Å². The summed E-state index contributed by atoms with van der Waals surface area (Å²) in [6, 6.07) is 13.2. The van der Waals surface area contributed by atoms with Crippen LogP contribution in [0.3, 0.4) is 0 Å². The van der Waals surface area contributed by atoms with E-state index in [9.17, 15) is 19.4 Å². The highest BCUT2D eigenvalue weighted by Gasteiger charge is 2.41. The molecule has 0 radical (unpaired) electrons. The van der Waals surface area contributed by atoms with Crippen LogP contribution in [-0.4, -0.2) is 28.9 Å². The van der Waals surface area contributed by atoms with Crippen LogP contribution in [0.5, 0.6) is 5.75 Å². The van der Waals surface area contributed by atoms with Crippen molar-refractivity contribution in [2.75, 3.05) is 7.11 Å². The van der Waals surface area contributed by atoms with Gasteiger partial charge in [0.2, 0.25) is 0 Å². The van der Waals surface area contributed by atoms with Crippen molar-refractivity contribution in [2.24, 2.45) is 0 Å². The summed E-state index contributed by atoms with van der Waals surface area (Å²) in [6.07, 6.45) is 2.67. The molecular weight excluding hydrogens is 335 g/mol. The fraction of sp³-hybridized carbons (Fsp3) is 0.286. The van der Waals surface area contributed by atoms with Crippen LogP contribution in [0.25, 0.3) is 6.08 Å². The van der Waals surface area contributed by atoms with Gasteiger partial charge in [-0.2, -0.15) is 0 Å². The molecular formula is C21H23FO4. The third-order valence-corrected chi connectivity index (χ3v) is 4.32. The molecule has 0 aliphatic carbocycles. The molecule has 2 aromatic carbocycles. The van der Waals surface area contributed by atoms with Crippen LogP contribution in [0.4, 0.5) is 4.39 Å². The van der Waals surface area contributed by atoms with Crippen LogP contribution in [0, 0.1) is 5.82 Å². The summed E-state index contributed by atoms with van der Waals surface area (Å²) in [7, 11) is 1.46. The van der Waals surface area contributed by atoms with Crippen molar-refractivity contribution < 1.29 is 24.1 Å². The summed E-state index contributed by atoms with van der Waals surface area (Å²) >= 11 is 0. The first-order valence-electron chi connectivity index (χ1n) is 8.22. The molecule has 2 rings (SSSR count). The summed E-state index contributed by atoms with van der Waals surface area (Å²) in [6.45, 7) is 3.49. The molecule has 2 N–H and O–H groups in total. The number of rotatable bonds is 7. The van der Waals surface area contributed by atoms with Crippen molar-refractivity contribution in [2.45, 2.75) is 31.3 Å². The molecule has 0 amide bonds. The predicted molar refractivity (Wildman–Crippen MR) is 98.7 cm³/mol. The van der Waals surface area contributed by atoms with E-state index in [-0.39, 0.29) is 6.42 Å². The normalized spacial score (nSPS) is 14.2. The molecule has 0 bridgehead atoms. The Bertz CT molecular complexity index is 799. The lowest BCUT2D eigenvalue weighted by atomic mass is 9.74. The summed E-state index contributed by atoms with van der Waals surface area (Å²) in [5, 5.41) is 20.4. The fourth-order valence-corrected chi connectivity index (χ4v) is 2.98. The van der Waals surface area contributed by atoms with E-state index in [0.717, 1.165) is 5.56 Å². The van der Waals surface area contributed by atoms with Crippen LogP contribution in [-0.2, 0) is 10.2 Å². The van der Waals surface area contributed by atoms with Crippen molar-refractivity contribution >= 4 is 12.0 Å². The van der Waals surface area contributed by atoms with E-state index in [2.05, 4.69) is 0 Å². The fourth-order valence-electron chi connectivity index (χ4n) is 2.98. The minimum atomic E-state index is -2.11. The van der Waals surface area contributed by atoms with Gasteiger partial charge in [0.25, 0.3) is 0 Å². The summed E-state index contributed by atoms with van der Waals surface area (Å²) in [5.74, 6) is -1.38. The first-order chi connectivity index (χ1) is 12.2. The number of carboxylic acids is 1. The lowest BCUT2D eigenvalue weighted by molar-refractivity contribution is -0.155. The van der Waals surface area contributed by atoms with Crippen molar-refractivity contribution in [3.8, 4) is 5.75 Å². The number of benzene rings is 2. The van der Waals surface area contributed by atoms with E-state index >= 15 is 0 Å². The third kappa shape index (κ3) is 4.49. The Hall–Kier alpha value is -2.66. The smallest absolute Gasteiger partial charge is 0.339 e. The summed E-state index contributed by atoms with van der Waals surface area (Å²) in [5.41, 5.74) is -1.71. The largest absolute Gasteiger partial charge is 0.496 e. The van der Waals surface area contributed by atoms with E-state index in [1.165, 1.54) is 31.4 Å². The van der Waals surface area contributed by atoms with Crippen molar-refractivity contribution in [3.63, 3.8) is 0 Å². The quantitative estimate of drug-likeness (QED) is 0.784. The van der Waals surface area contributed by atoms with Gasteiger partial charge in [-0.25, -0.2) is 9.18 Å².